The van der Waals surface area contributed by atoms with E-state index in [0.717, 1.165) is 31.9 Å². The van der Waals surface area contributed by atoms with Crippen LogP contribution in [0, 0.1) is 5.92 Å². The molecule has 1 fully saturated rings. The molecule has 0 spiro atoms. The van der Waals surface area contributed by atoms with Gasteiger partial charge in [-0.2, -0.15) is 0 Å². The maximum Gasteiger partial charge on any atom is 0.0707 e. The minimum atomic E-state index is 0.365. The third kappa shape index (κ3) is 6.12. The van der Waals surface area contributed by atoms with Crippen LogP contribution >= 0.6 is 0 Å². The van der Waals surface area contributed by atoms with Crippen molar-refractivity contribution in [1.82, 2.24) is 15.2 Å². The Labute approximate surface area is 128 Å². The van der Waals surface area contributed by atoms with Crippen molar-refractivity contribution in [2.45, 2.75) is 45.4 Å². The summed E-state index contributed by atoms with van der Waals surface area (Å²) in [5.41, 5.74) is 1.12. The van der Waals surface area contributed by atoms with Crippen LogP contribution in [0.3, 0.4) is 0 Å². The van der Waals surface area contributed by atoms with Crippen molar-refractivity contribution in [3.05, 3.63) is 30.1 Å². The smallest absolute Gasteiger partial charge is 0.0707 e. The molecular weight excluding hydrogens is 262 g/mol. The summed E-state index contributed by atoms with van der Waals surface area (Å²) in [6, 6.07) is 6.07. The normalized spacial score (nSPS) is 22.3. The van der Waals surface area contributed by atoms with Gasteiger partial charge in [0.25, 0.3) is 0 Å². The first kappa shape index (κ1) is 16.4. The zero-order valence-corrected chi connectivity index (χ0v) is 13.6. The molecule has 1 N–H and O–H groups in total. The summed E-state index contributed by atoms with van der Waals surface area (Å²) in [6.45, 7) is 8.40. The van der Waals surface area contributed by atoms with Gasteiger partial charge < -0.3 is 10.1 Å². The third-order valence-corrected chi connectivity index (χ3v) is 3.79. The van der Waals surface area contributed by atoms with Gasteiger partial charge in [0, 0.05) is 25.8 Å². The number of ether oxygens (including phenoxy) is 1. The summed E-state index contributed by atoms with van der Waals surface area (Å²) in [4.78, 5) is 6.68. The number of likely N-dealkylation sites (N-methyl/N-ethyl adjacent to an activating group) is 1. The summed E-state index contributed by atoms with van der Waals surface area (Å²) in [6.07, 6.45) is 4.95. The number of nitrogens with one attached hydrogen (secondary N) is 1. The van der Waals surface area contributed by atoms with Gasteiger partial charge in [0.1, 0.15) is 0 Å². The number of rotatable bonds is 8. The molecule has 2 heterocycles. The lowest BCUT2D eigenvalue weighted by Gasteiger charge is -2.21. The molecule has 1 aliphatic heterocycles. The molecule has 0 aromatic carbocycles. The van der Waals surface area contributed by atoms with E-state index < -0.39 is 0 Å². The fraction of sp³-hybridized carbons (Fsp3) is 0.706. The van der Waals surface area contributed by atoms with E-state index in [9.17, 15) is 0 Å². The maximum atomic E-state index is 6.13. The number of hydrogen-bond donors (Lipinski definition) is 1. The molecular formula is C17H29N3O. The molecule has 1 saturated heterocycles. The van der Waals surface area contributed by atoms with Crippen LogP contribution < -0.4 is 5.32 Å². The Bertz CT molecular complexity index is 396. The average molecular weight is 291 g/mol. The third-order valence-electron chi connectivity index (χ3n) is 3.79. The van der Waals surface area contributed by atoms with Crippen LogP contribution in [0.4, 0.5) is 0 Å². The Balaban J connectivity index is 1.65. The first-order valence-electron chi connectivity index (χ1n) is 8.08. The van der Waals surface area contributed by atoms with Gasteiger partial charge in [0.05, 0.1) is 17.9 Å². The number of hydrogen-bond acceptors (Lipinski definition) is 4. The predicted octanol–water partition coefficient (Wildman–Crippen LogP) is 2.31. The zero-order chi connectivity index (χ0) is 15.1. The zero-order valence-electron chi connectivity index (χ0n) is 13.6. The Morgan fingerprint density at radius 3 is 2.86 bits per heavy atom. The second-order valence-corrected chi connectivity index (χ2v) is 6.53. The standard InChI is InChI=1S/C17H29N3O/c1-14(2)10-18-11-16-7-8-17(21-16)13-20(3)12-15-6-4-5-9-19-15/h4-6,9,14,16-18H,7-8,10-13H2,1-3H3. The van der Waals surface area contributed by atoms with E-state index in [4.69, 9.17) is 4.74 Å². The maximum absolute atomic E-state index is 6.13. The van der Waals surface area contributed by atoms with E-state index in [0.29, 0.717) is 18.1 Å². The van der Waals surface area contributed by atoms with E-state index in [1.807, 2.05) is 18.3 Å². The Hall–Kier alpha value is -0.970. The largest absolute Gasteiger partial charge is 0.372 e. The molecule has 2 unspecified atom stereocenters. The van der Waals surface area contributed by atoms with Gasteiger partial charge in [0.2, 0.25) is 0 Å². The highest BCUT2D eigenvalue weighted by Crippen LogP contribution is 2.20. The highest BCUT2D eigenvalue weighted by Gasteiger charge is 2.25. The van der Waals surface area contributed by atoms with Crippen LogP contribution in [0.15, 0.2) is 24.4 Å². The van der Waals surface area contributed by atoms with E-state index in [-0.39, 0.29) is 0 Å². The second-order valence-electron chi connectivity index (χ2n) is 6.53. The van der Waals surface area contributed by atoms with E-state index in [1.165, 1.54) is 12.8 Å². The summed E-state index contributed by atoms with van der Waals surface area (Å²) in [7, 11) is 2.14. The van der Waals surface area contributed by atoms with Crippen molar-refractivity contribution < 1.29 is 4.74 Å². The lowest BCUT2D eigenvalue weighted by molar-refractivity contribution is 0.0263. The van der Waals surface area contributed by atoms with E-state index in [2.05, 4.69) is 42.2 Å². The summed E-state index contributed by atoms with van der Waals surface area (Å²) < 4.78 is 6.13. The average Bonchev–Trinajstić information content (AvgIpc) is 2.86. The van der Waals surface area contributed by atoms with Gasteiger partial charge in [-0.25, -0.2) is 0 Å². The van der Waals surface area contributed by atoms with E-state index >= 15 is 0 Å². The van der Waals surface area contributed by atoms with Crippen molar-refractivity contribution in [1.29, 1.82) is 0 Å². The van der Waals surface area contributed by atoms with Gasteiger partial charge in [0.15, 0.2) is 0 Å². The highest BCUT2D eigenvalue weighted by atomic mass is 16.5. The fourth-order valence-electron chi connectivity index (χ4n) is 2.78. The highest BCUT2D eigenvalue weighted by molar-refractivity contribution is 5.03. The molecule has 0 aliphatic carbocycles. The van der Waals surface area contributed by atoms with Crippen molar-refractivity contribution in [3.63, 3.8) is 0 Å². The Kier molecular flexibility index (Phi) is 6.61. The van der Waals surface area contributed by atoms with Crippen LogP contribution in [-0.4, -0.2) is 48.8 Å². The summed E-state index contributed by atoms with van der Waals surface area (Å²) >= 11 is 0. The van der Waals surface area contributed by atoms with Crippen LogP contribution in [0.1, 0.15) is 32.4 Å². The van der Waals surface area contributed by atoms with Gasteiger partial charge in [-0.3, -0.25) is 9.88 Å². The first-order valence-corrected chi connectivity index (χ1v) is 8.08. The second kappa shape index (κ2) is 8.47. The van der Waals surface area contributed by atoms with E-state index in [1.54, 1.807) is 0 Å². The Morgan fingerprint density at radius 1 is 1.33 bits per heavy atom. The van der Waals surface area contributed by atoms with Gasteiger partial charge in [-0.1, -0.05) is 19.9 Å². The van der Waals surface area contributed by atoms with Crippen molar-refractivity contribution in [2.75, 3.05) is 26.7 Å². The van der Waals surface area contributed by atoms with Crippen LogP contribution in [-0.2, 0) is 11.3 Å². The molecule has 21 heavy (non-hydrogen) atoms. The summed E-state index contributed by atoms with van der Waals surface area (Å²) in [5, 5.41) is 3.49. The SMILES string of the molecule is CC(C)CNCC1CCC(CN(C)Cc2ccccn2)O1. The lowest BCUT2D eigenvalue weighted by Crippen LogP contribution is -2.32. The molecule has 1 aromatic rings. The molecule has 1 aliphatic rings. The van der Waals surface area contributed by atoms with Crippen molar-refractivity contribution >= 4 is 0 Å². The van der Waals surface area contributed by atoms with Gasteiger partial charge in [-0.05, 0) is 44.5 Å². The monoisotopic (exact) mass is 291 g/mol. The predicted molar refractivity (Wildman–Crippen MR) is 86.2 cm³/mol. The first-order chi connectivity index (χ1) is 10.1. The number of nitrogens with zero attached hydrogens (tertiary/aromatic N) is 2. The van der Waals surface area contributed by atoms with Gasteiger partial charge >= 0.3 is 0 Å². The minimum Gasteiger partial charge on any atom is -0.372 e. The van der Waals surface area contributed by atoms with Crippen molar-refractivity contribution in [3.8, 4) is 0 Å². The Morgan fingerprint density at radius 2 is 2.14 bits per heavy atom. The fourth-order valence-corrected chi connectivity index (χ4v) is 2.78. The molecule has 2 atom stereocenters. The summed E-state index contributed by atoms with van der Waals surface area (Å²) in [5.74, 6) is 0.701. The molecule has 4 heteroatoms. The van der Waals surface area contributed by atoms with Crippen LogP contribution in [0.2, 0.25) is 0 Å². The topological polar surface area (TPSA) is 37.4 Å². The number of pyridine rings is 1. The van der Waals surface area contributed by atoms with Crippen LogP contribution in [0.5, 0.6) is 0 Å². The molecule has 0 amide bonds. The molecule has 2 rings (SSSR count). The quantitative estimate of drug-likeness (QED) is 0.797. The van der Waals surface area contributed by atoms with Crippen molar-refractivity contribution in [2.24, 2.45) is 5.92 Å². The number of aromatic nitrogens is 1. The molecule has 1 aromatic heterocycles. The molecule has 118 valence electrons. The molecule has 0 saturated carbocycles. The molecule has 0 bridgehead atoms. The minimum absolute atomic E-state index is 0.365. The van der Waals surface area contributed by atoms with Crippen LogP contribution in [0.25, 0.3) is 0 Å². The molecule has 0 radical (unpaired) electrons. The molecule has 4 nitrogen and oxygen atoms in total. The van der Waals surface area contributed by atoms with Gasteiger partial charge in [-0.15, -0.1) is 0 Å². The lowest BCUT2D eigenvalue weighted by atomic mass is 10.1.